The maximum absolute atomic E-state index is 9.61. The summed E-state index contributed by atoms with van der Waals surface area (Å²) < 4.78 is 5.98. The molecule has 4 rings (SSSR count). The van der Waals surface area contributed by atoms with E-state index in [1.807, 2.05) is 48.0 Å². The lowest BCUT2D eigenvalue weighted by molar-refractivity contribution is 0.315. The second-order valence-electron chi connectivity index (χ2n) is 6.46. The molecule has 0 unspecified atom stereocenters. The Hall–Kier alpha value is -2.98. The Bertz CT molecular complexity index is 1100. The highest BCUT2D eigenvalue weighted by Crippen LogP contribution is 2.37. The minimum absolute atomic E-state index is 0.461. The maximum Gasteiger partial charge on any atom is 0.192 e. The summed E-state index contributed by atoms with van der Waals surface area (Å²) in [6.07, 6.45) is 3.65. The van der Waals surface area contributed by atoms with E-state index >= 15 is 0 Å². The smallest absolute Gasteiger partial charge is 0.192 e. The van der Waals surface area contributed by atoms with Gasteiger partial charge in [0.05, 0.1) is 0 Å². The monoisotopic (exact) mass is 417 g/mol. The van der Waals surface area contributed by atoms with Crippen molar-refractivity contribution in [3.05, 3.63) is 93.3 Å². The number of thiophene rings is 2. The molecule has 0 aliphatic carbocycles. The van der Waals surface area contributed by atoms with Crippen LogP contribution < -0.4 is 10.1 Å². The third-order valence-electron chi connectivity index (χ3n) is 4.38. The van der Waals surface area contributed by atoms with Crippen molar-refractivity contribution in [1.82, 2.24) is 10.3 Å². The van der Waals surface area contributed by atoms with Crippen LogP contribution >= 0.6 is 22.7 Å². The Kier molecular flexibility index (Phi) is 6.32. The highest BCUT2D eigenvalue weighted by molar-refractivity contribution is 7.12. The first-order valence-corrected chi connectivity index (χ1v) is 10.9. The molecule has 29 heavy (non-hydrogen) atoms. The van der Waals surface area contributed by atoms with Crippen LogP contribution in [0.1, 0.15) is 21.6 Å². The summed E-state index contributed by atoms with van der Waals surface area (Å²) in [6.45, 7) is 2.06. The van der Waals surface area contributed by atoms with Crippen LogP contribution in [-0.4, -0.2) is 4.98 Å². The standard InChI is InChI=1S/C23H19N3OS2/c24-10-21-22(19-6-2-1-3-7-19)16-29-23(21)27-14-18-9-20(28-15-18)13-26-12-17-5-4-8-25-11-17/h1-9,11,15-16,26H,12-14H2. The van der Waals surface area contributed by atoms with Crippen molar-refractivity contribution in [2.24, 2.45) is 0 Å². The van der Waals surface area contributed by atoms with E-state index in [0.29, 0.717) is 17.2 Å². The lowest BCUT2D eigenvalue weighted by Crippen LogP contribution is -2.11. The van der Waals surface area contributed by atoms with E-state index in [1.54, 1.807) is 17.5 Å². The molecule has 6 heteroatoms. The molecule has 1 aromatic carbocycles. The van der Waals surface area contributed by atoms with Crippen molar-refractivity contribution in [2.75, 3.05) is 0 Å². The zero-order valence-corrected chi connectivity index (χ0v) is 17.3. The SMILES string of the molecule is N#Cc1c(-c2ccccc2)csc1OCc1csc(CNCc2cccnc2)c1. The molecule has 0 atom stereocenters. The van der Waals surface area contributed by atoms with Crippen molar-refractivity contribution in [1.29, 1.82) is 5.26 Å². The third kappa shape index (κ3) is 4.90. The summed E-state index contributed by atoms with van der Waals surface area (Å²) in [5, 5.41) is 17.8. The van der Waals surface area contributed by atoms with Gasteiger partial charge >= 0.3 is 0 Å². The fraction of sp³-hybridized carbons (Fsp3) is 0.130. The maximum atomic E-state index is 9.61. The first-order chi connectivity index (χ1) is 14.3. The molecule has 0 amide bonds. The normalized spacial score (nSPS) is 10.6. The number of rotatable bonds is 8. The molecule has 144 valence electrons. The molecule has 0 bridgehead atoms. The Morgan fingerprint density at radius 3 is 2.69 bits per heavy atom. The van der Waals surface area contributed by atoms with Crippen LogP contribution in [0.5, 0.6) is 5.06 Å². The quantitative estimate of drug-likeness (QED) is 0.405. The molecule has 3 heterocycles. The minimum atomic E-state index is 0.461. The number of nitrogens with one attached hydrogen (secondary N) is 1. The van der Waals surface area contributed by atoms with Gasteiger partial charge in [0.1, 0.15) is 18.2 Å². The zero-order valence-electron chi connectivity index (χ0n) is 15.7. The topological polar surface area (TPSA) is 57.9 Å². The number of benzene rings is 1. The van der Waals surface area contributed by atoms with Gasteiger partial charge in [0.15, 0.2) is 5.06 Å². The van der Waals surface area contributed by atoms with E-state index < -0.39 is 0 Å². The molecule has 1 N–H and O–H groups in total. The van der Waals surface area contributed by atoms with Crippen molar-refractivity contribution >= 4 is 22.7 Å². The van der Waals surface area contributed by atoms with E-state index in [0.717, 1.165) is 29.8 Å². The van der Waals surface area contributed by atoms with Crippen LogP contribution in [0.4, 0.5) is 0 Å². The number of pyridine rings is 1. The van der Waals surface area contributed by atoms with Gasteiger partial charge in [0, 0.05) is 46.9 Å². The number of aromatic nitrogens is 1. The van der Waals surface area contributed by atoms with E-state index in [1.165, 1.54) is 21.8 Å². The summed E-state index contributed by atoms with van der Waals surface area (Å²) in [4.78, 5) is 5.38. The van der Waals surface area contributed by atoms with Gasteiger partial charge in [-0.1, -0.05) is 36.4 Å². The first kappa shape index (κ1) is 19.3. The number of nitriles is 1. The number of nitrogens with zero attached hydrogens (tertiary/aromatic N) is 2. The molecule has 0 saturated heterocycles. The molecule has 0 aliphatic heterocycles. The Balaban J connectivity index is 1.34. The molecule has 0 radical (unpaired) electrons. The lowest BCUT2D eigenvalue weighted by Gasteiger charge is -2.04. The van der Waals surface area contributed by atoms with Crippen LogP contribution in [-0.2, 0) is 19.7 Å². The molecule has 0 fully saturated rings. The van der Waals surface area contributed by atoms with Crippen molar-refractivity contribution in [3.8, 4) is 22.3 Å². The average Bonchev–Trinajstić information content (AvgIpc) is 3.40. The number of ether oxygens (including phenoxy) is 1. The van der Waals surface area contributed by atoms with Gasteiger partial charge in [-0.05, 0) is 28.6 Å². The highest BCUT2D eigenvalue weighted by atomic mass is 32.1. The van der Waals surface area contributed by atoms with Crippen LogP contribution in [0.15, 0.2) is 71.7 Å². The van der Waals surface area contributed by atoms with Gasteiger partial charge < -0.3 is 10.1 Å². The predicted molar refractivity (Wildman–Crippen MR) is 118 cm³/mol. The van der Waals surface area contributed by atoms with Gasteiger partial charge in [-0.25, -0.2) is 0 Å². The Morgan fingerprint density at radius 1 is 1.00 bits per heavy atom. The lowest BCUT2D eigenvalue weighted by atomic mass is 10.1. The molecule has 0 aliphatic rings. The van der Waals surface area contributed by atoms with E-state index in [-0.39, 0.29) is 0 Å². The Morgan fingerprint density at radius 2 is 1.90 bits per heavy atom. The molecule has 3 aromatic heterocycles. The highest BCUT2D eigenvalue weighted by Gasteiger charge is 2.14. The van der Waals surface area contributed by atoms with E-state index in [2.05, 4.69) is 33.9 Å². The second-order valence-corrected chi connectivity index (χ2v) is 8.30. The van der Waals surface area contributed by atoms with Gasteiger partial charge in [0.2, 0.25) is 0 Å². The average molecular weight is 418 g/mol. The number of hydrogen-bond acceptors (Lipinski definition) is 6. The molecular formula is C23H19N3OS2. The fourth-order valence-corrected chi connectivity index (χ4v) is 4.68. The third-order valence-corrected chi connectivity index (χ3v) is 6.26. The van der Waals surface area contributed by atoms with E-state index in [9.17, 15) is 5.26 Å². The second kappa shape index (κ2) is 9.48. The molecule has 0 spiro atoms. The summed E-state index contributed by atoms with van der Waals surface area (Å²) in [7, 11) is 0. The summed E-state index contributed by atoms with van der Waals surface area (Å²) >= 11 is 3.19. The van der Waals surface area contributed by atoms with Crippen LogP contribution in [0.25, 0.3) is 11.1 Å². The fourth-order valence-electron chi connectivity index (χ4n) is 2.96. The van der Waals surface area contributed by atoms with Crippen molar-refractivity contribution < 1.29 is 4.74 Å². The first-order valence-electron chi connectivity index (χ1n) is 9.19. The van der Waals surface area contributed by atoms with Crippen LogP contribution in [0.2, 0.25) is 0 Å². The molecule has 4 nitrogen and oxygen atoms in total. The summed E-state index contributed by atoms with van der Waals surface area (Å²) in [6, 6.07) is 18.4. The minimum Gasteiger partial charge on any atom is -0.478 e. The van der Waals surface area contributed by atoms with Crippen molar-refractivity contribution in [2.45, 2.75) is 19.7 Å². The van der Waals surface area contributed by atoms with Crippen LogP contribution in [0, 0.1) is 11.3 Å². The zero-order chi connectivity index (χ0) is 19.9. The molecule has 4 aromatic rings. The van der Waals surface area contributed by atoms with Crippen molar-refractivity contribution in [3.63, 3.8) is 0 Å². The number of hydrogen-bond donors (Lipinski definition) is 1. The Labute approximate surface area is 178 Å². The summed E-state index contributed by atoms with van der Waals surface area (Å²) in [5.74, 6) is 0. The van der Waals surface area contributed by atoms with Crippen LogP contribution in [0.3, 0.4) is 0 Å². The van der Waals surface area contributed by atoms with Gasteiger partial charge in [-0.3, -0.25) is 4.98 Å². The molecular weight excluding hydrogens is 398 g/mol. The van der Waals surface area contributed by atoms with Gasteiger partial charge in [0.25, 0.3) is 0 Å². The van der Waals surface area contributed by atoms with Gasteiger partial charge in [-0.15, -0.1) is 22.7 Å². The molecule has 0 saturated carbocycles. The largest absolute Gasteiger partial charge is 0.478 e. The van der Waals surface area contributed by atoms with E-state index in [4.69, 9.17) is 4.74 Å². The van der Waals surface area contributed by atoms with Gasteiger partial charge in [-0.2, -0.15) is 5.26 Å². The predicted octanol–water partition coefficient (Wildman–Crippen LogP) is 5.61. The summed E-state index contributed by atoms with van der Waals surface area (Å²) in [5.41, 5.74) is 4.86.